The summed E-state index contributed by atoms with van der Waals surface area (Å²) >= 11 is 12.3. The van der Waals surface area contributed by atoms with Crippen molar-refractivity contribution in [1.29, 1.82) is 0 Å². The fourth-order valence-electron chi connectivity index (χ4n) is 3.39. The van der Waals surface area contributed by atoms with Crippen LogP contribution in [0.1, 0.15) is 27.5 Å². The molecule has 10 heteroatoms. The predicted octanol–water partition coefficient (Wildman–Crippen LogP) is 4.16. The summed E-state index contributed by atoms with van der Waals surface area (Å²) in [6, 6.07) is 4.40. The molecule has 2 aromatic carbocycles. The summed E-state index contributed by atoms with van der Waals surface area (Å²) in [5.74, 6) is -1.05. The third-order valence-electron chi connectivity index (χ3n) is 4.44. The minimum absolute atomic E-state index is 0.0944. The molecule has 0 spiro atoms. The number of benzene rings is 2. The minimum Gasteiger partial charge on any atom is -0.398 e. The van der Waals surface area contributed by atoms with Crippen LogP contribution in [-0.2, 0) is 6.54 Å². The molecule has 140 valence electrons. The van der Waals surface area contributed by atoms with E-state index < -0.39 is 30.7 Å². The molecule has 1 aliphatic rings. The molecule has 3 aromatic rings. The van der Waals surface area contributed by atoms with Crippen LogP contribution in [0.4, 0.5) is 18.9 Å². The molecule has 1 amide bonds. The van der Waals surface area contributed by atoms with Crippen LogP contribution >= 0.6 is 23.2 Å². The molecule has 0 radical (unpaired) electrons. The Morgan fingerprint density at radius 1 is 1.30 bits per heavy atom. The SMILES string of the molecule is Nc1cc2c(c(Cl)nn2CC(F)F)c2c1C(c1cc(F)ccc1Cl)NC2=O. The van der Waals surface area contributed by atoms with Gasteiger partial charge in [-0.25, -0.2) is 13.2 Å². The van der Waals surface area contributed by atoms with Crippen molar-refractivity contribution in [1.82, 2.24) is 15.1 Å². The number of nitrogen functional groups attached to an aromatic ring is 1. The zero-order chi connectivity index (χ0) is 19.5. The van der Waals surface area contributed by atoms with Crippen molar-refractivity contribution in [3.63, 3.8) is 0 Å². The molecule has 5 nitrogen and oxygen atoms in total. The van der Waals surface area contributed by atoms with Gasteiger partial charge in [0.05, 0.1) is 22.5 Å². The van der Waals surface area contributed by atoms with Gasteiger partial charge in [-0.3, -0.25) is 9.48 Å². The molecule has 4 rings (SSSR count). The first kappa shape index (κ1) is 17.9. The van der Waals surface area contributed by atoms with Crippen LogP contribution in [0.3, 0.4) is 0 Å². The van der Waals surface area contributed by atoms with E-state index in [9.17, 15) is 18.0 Å². The van der Waals surface area contributed by atoms with E-state index in [2.05, 4.69) is 10.4 Å². The second kappa shape index (κ2) is 6.31. The van der Waals surface area contributed by atoms with Crippen molar-refractivity contribution in [3.05, 3.63) is 56.9 Å². The number of halogens is 5. The van der Waals surface area contributed by atoms with Gasteiger partial charge in [-0.2, -0.15) is 5.10 Å². The van der Waals surface area contributed by atoms with Gasteiger partial charge in [0, 0.05) is 21.8 Å². The fourth-order valence-corrected chi connectivity index (χ4v) is 3.90. The summed E-state index contributed by atoms with van der Waals surface area (Å²) in [7, 11) is 0. The van der Waals surface area contributed by atoms with Gasteiger partial charge in [-0.15, -0.1) is 0 Å². The lowest BCUT2D eigenvalue weighted by Gasteiger charge is -2.16. The summed E-state index contributed by atoms with van der Waals surface area (Å²) in [4.78, 5) is 12.6. The quantitative estimate of drug-likeness (QED) is 0.631. The standard InChI is InChI=1S/C17H11Cl2F3N4O/c18-8-2-1-6(20)3-7(8)15-12-9(23)4-10-13(14(12)17(27)24-15)16(19)25-26(10)5-11(21)22/h1-4,11,15H,5,23H2,(H,24,27). The van der Waals surface area contributed by atoms with Crippen LogP contribution in [0.15, 0.2) is 24.3 Å². The van der Waals surface area contributed by atoms with E-state index in [0.717, 1.165) is 4.68 Å². The van der Waals surface area contributed by atoms with Gasteiger partial charge in [0.1, 0.15) is 12.4 Å². The first-order valence-corrected chi connectivity index (χ1v) is 8.56. The molecule has 0 aliphatic carbocycles. The average molecular weight is 415 g/mol. The Hall–Kier alpha value is -2.45. The first-order valence-electron chi connectivity index (χ1n) is 7.80. The molecule has 27 heavy (non-hydrogen) atoms. The topological polar surface area (TPSA) is 72.9 Å². The van der Waals surface area contributed by atoms with Crippen molar-refractivity contribution in [2.24, 2.45) is 0 Å². The summed E-state index contributed by atoms with van der Waals surface area (Å²) < 4.78 is 40.3. The van der Waals surface area contributed by atoms with Crippen molar-refractivity contribution in [3.8, 4) is 0 Å². The number of rotatable bonds is 3. The highest BCUT2D eigenvalue weighted by Gasteiger charge is 2.36. The highest BCUT2D eigenvalue weighted by Crippen LogP contribution is 2.43. The molecule has 0 fully saturated rings. The zero-order valence-corrected chi connectivity index (χ0v) is 15.0. The number of alkyl halides is 2. The largest absolute Gasteiger partial charge is 0.398 e. The number of aromatic nitrogens is 2. The molecular weight excluding hydrogens is 404 g/mol. The van der Waals surface area contributed by atoms with Gasteiger partial charge in [0.2, 0.25) is 0 Å². The number of hydrogen-bond donors (Lipinski definition) is 2. The van der Waals surface area contributed by atoms with E-state index in [1.807, 2.05) is 0 Å². The second-order valence-electron chi connectivity index (χ2n) is 6.08. The van der Waals surface area contributed by atoms with Crippen LogP contribution in [0, 0.1) is 5.82 Å². The number of amides is 1. The van der Waals surface area contributed by atoms with Gasteiger partial charge < -0.3 is 11.1 Å². The Balaban J connectivity index is 1.98. The van der Waals surface area contributed by atoms with Crippen LogP contribution in [-0.4, -0.2) is 22.1 Å². The van der Waals surface area contributed by atoms with E-state index in [1.54, 1.807) is 0 Å². The number of carbonyl (C=O) groups is 1. The first-order chi connectivity index (χ1) is 12.8. The van der Waals surface area contributed by atoms with E-state index in [-0.39, 0.29) is 32.3 Å². The smallest absolute Gasteiger partial charge is 0.257 e. The maximum atomic E-state index is 13.7. The fraction of sp³-hybridized carbons (Fsp3) is 0.176. The van der Waals surface area contributed by atoms with E-state index in [1.165, 1.54) is 24.3 Å². The lowest BCUT2D eigenvalue weighted by atomic mass is 9.94. The van der Waals surface area contributed by atoms with Crippen LogP contribution < -0.4 is 11.1 Å². The molecule has 2 heterocycles. The number of anilines is 1. The Morgan fingerprint density at radius 3 is 2.74 bits per heavy atom. The van der Waals surface area contributed by atoms with Crippen molar-refractivity contribution < 1.29 is 18.0 Å². The molecule has 0 bridgehead atoms. The normalized spacial score (nSPS) is 16.2. The van der Waals surface area contributed by atoms with E-state index >= 15 is 0 Å². The van der Waals surface area contributed by atoms with Crippen LogP contribution in [0.25, 0.3) is 10.9 Å². The predicted molar refractivity (Wildman–Crippen MR) is 95.9 cm³/mol. The van der Waals surface area contributed by atoms with E-state index in [0.29, 0.717) is 11.1 Å². The highest BCUT2D eigenvalue weighted by molar-refractivity contribution is 6.36. The van der Waals surface area contributed by atoms with Gasteiger partial charge in [0.15, 0.2) is 5.15 Å². The second-order valence-corrected chi connectivity index (χ2v) is 6.85. The molecule has 1 aliphatic heterocycles. The third kappa shape index (κ3) is 2.80. The molecule has 0 saturated heterocycles. The Labute approximate surface area is 160 Å². The number of hydrogen-bond acceptors (Lipinski definition) is 3. The molecule has 1 aromatic heterocycles. The Kier molecular flexibility index (Phi) is 4.20. The summed E-state index contributed by atoms with van der Waals surface area (Å²) in [5, 5.41) is 6.96. The lowest BCUT2D eigenvalue weighted by molar-refractivity contribution is 0.0961. The monoisotopic (exact) mass is 414 g/mol. The molecular formula is C17H11Cl2F3N4O. The number of nitrogens with zero attached hydrogens (tertiary/aromatic N) is 2. The zero-order valence-electron chi connectivity index (χ0n) is 13.4. The molecule has 0 saturated carbocycles. The maximum absolute atomic E-state index is 13.7. The van der Waals surface area contributed by atoms with E-state index in [4.69, 9.17) is 28.9 Å². The van der Waals surface area contributed by atoms with Gasteiger partial charge in [-0.1, -0.05) is 23.2 Å². The minimum atomic E-state index is -2.66. The number of nitrogens with one attached hydrogen (secondary N) is 1. The molecule has 1 unspecified atom stereocenters. The lowest BCUT2D eigenvalue weighted by Crippen LogP contribution is -2.20. The summed E-state index contributed by atoms with van der Waals surface area (Å²) in [6.45, 7) is -0.692. The van der Waals surface area contributed by atoms with Gasteiger partial charge in [0.25, 0.3) is 12.3 Å². The average Bonchev–Trinajstić information content (AvgIpc) is 3.08. The van der Waals surface area contributed by atoms with Gasteiger partial charge >= 0.3 is 0 Å². The van der Waals surface area contributed by atoms with Crippen LogP contribution in [0.2, 0.25) is 10.2 Å². The van der Waals surface area contributed by atoms with Gasteiger partial charge in [-0.05, 0) is 24.3 Å². The number of fused-ring (bicyclic) bond motifs is 3. The maximum Gasteiger partial charge on any atom is 0.257 e. The molecule has 1 atom stereocenters. The van der Waals surface area contributed by atoms with Crippen LogP contribution in [0.5, 0.6) is 0 Å². The number of nitrogens with two attached hydrogens (primary N) is 1. The Bertz CT molecular complexity index is 1100. The third-order valence-corrected chi connectivity index (χ3v) is 5.05. The molecule has 3 N–H and O–H groups in total. The van der Waals surface area contributed by atoms with Crippen molar-refractivity contribution >= 4 is 45.7 Å². The summed E-state index contributed by atoms with van der Waals surface area (Å²) in [6.07, 6.45) is -2.66. The van der Waals surface area contributed by atoms with Crippen molar-refractivity contribution in [2.75, 3.05) is 5.73 Å². The van der Waals surface area contributed by atoms with Crippen molar-refractivity contribution in [2.45, 2.75) is 19.0 Å². The summed E-state index contributed by atoms with van der Waals surface area (Å²) in [5.41, 5.74) is 7.32. The number of carbonyl (C=O) groups excluding carboxylic acids is 1. The highest BCUT2D eigenvalue weighted by atomic mass is 35.5. The Morgan fingerprint density at radius 2 is 2.04 bits per heavy atom.